The average Bonchev–Trinajstić information content (AvgIpc) is 2.56. The van der Waals surface area contributed by atoms with Gasteiger partial charge in [0.05, 0.1) is 7.11 Å². The Kier molecular flexibility index (Phi) is 7.35. The topological polar surface area (TPSA) is 92.7 Å². The lowest BCUT2D eigenvalue weighted by molar-refractivity contribution is -0.143. The van der Waals surface area contributed by atoms with Gasteiger partial charge in [0.15, 0.2) is 17.3 Å². The van der Waals surface area contributed by atoms with E-state index in [1.165, 1.54) is 19.2 Å². The van der Waals surface area contributed by atoms with Crippen LogP contribution >= 0.6 is 0 Å². The number of benzene rings is 1. The van der Waals surface area contributed by atoms with Crippen LogP contribution in [0.4, 0.5) is 4.39 Å². The number of amides is 1. The number of ketones is 1. The van der Waals surface area contributed by atoms with E-state index in [1.807, 2.05) is 6.92 Å². The van der Waals surface area contributed by atoms with Gasteiger partial charge in [-0.05, 0) is 24.1 Å². The summed E-state index contributed by atoms with van der Waals surface area (Å²) in [5, 5.41) is 11.5. The minimum atomic E-state index is -1.11. The summed E-state index contributed by atoms with van der Waals surface area (Å²) in [6, 6.07) is 2.82. The van der Waals surface area contributed by atoms with Crippen LogP contribution in [0.3, 0.4) is 0 Å². The van der Waals surface area contributed by atoms with Crippen LogP contribution in [-0.2, 0) is 9.59 Å². The van der Waals surface area contributed by atoms with Crippen molar-refractivity contribution >= 4 is 17.7 Å². The van der Waals surface area contributed by atoms with E-state index in [-0.39, 0.29) is 30.1 Å². The molecule has 0 aliphatic carbocycles. The number of hydrogen-bond donors (Lipinski definition) is 2. The van der Waals surface area contributed by atoms with Crippen molar-refractivity contribution in [1.82, 2.24) is 5.32 Å². The molecule has 2 N–H and O–H groups in total. The second kappa shape index (κ2) is 9.00. The molecule has 0 radical (unpaired) electrons. The van der Waals surface area contributed by atoms with Crippen LogP contribution in [0.25, 0.3) is 0 Å². The van der Waals surface area contributed by atoms with Gasteiger partial charge in [-0.1, -0.05) is 20.3 Å². The number of aliphatic carboxylic acids is 1. The Bertz CT molecular complexity index is 617. The van der Waals surface area contributed by atoms with Crippen LogP contribution in [-0.4, -0.2) is 35.9 Å². The van der Waals surface area contributed by atoms with Gasteiger partial charge in [0.1, 0.15) is 6.04 Å². The second-order valence-corrected chi connectivity index (χ2v) is 5.54. The van der Waals surface area contributed by atoms with Gasteiger partial charge < -0.3 is 15.2 Å². The summed E-state index contributed by atoms with van der Waals surface area (Å²) in [7, 11) is 1.32. The fourth-order valence-electron chi connectivity index (χ4n) is 2.14. The number of methoxy groups -OCH3 is 1. The summed E-state index contributed by atoms with van der Waals surface area (Å²) in [5.74, 6) is -2.89. The third-order valence-corrected chi connectivity index (χ3v) is 3.85. The first-order valence-electron chi connectivity index (χ1n) is 7.69. The lowest BCUT2D eigenvalue weighted by Crippen LogP contribution is -2.45. The number of hydrogen-bond acceptors (Lipinski definition) is 4. The van der Waals surface area contributed by atoms with Gasteiger partial charge in [0.25, 0.3) is 0 Å². The van der Waals surface area contributed by atoms with Crippen molar-refractivity contribution in [2.24, 2.45) is 5.92 Å². The zero-order valence-electron chi connectivity index (χ0n) is 14.0. The first-order chi connectivity index (χ1) is 11.3. The molecule has 1 aromatic carbocycles. The van der Waals surface area contributed by atoms with Crippen molar-refractivity contribution in [2.45, 2.75) is 39.2 Å². The molecular weight excluding hydrogens is 317 g/mol. The van der Waals surface area contributed by atoms with Crippen LogP contribution in [0.1, 0.15) is 43.5 Å². The maximum Gasteiger partial charge on any atom is 0.326 e. The summed E-state index contributed by atoms with van der Waals surface area (Å²) in [5.41, 5.74) is 0.137. The lowest BCUT2D eigenvalue weighted by atomic mass is 9.99. The smallest absolute Gasteiger partial charge is 0.326 e. The zero-order valence-corrected chi connectivity index (χ0v) is 14.0. The third kappa shape index (κ3) is 5.33. The number of carboxylic acids is 1. The fraction of sp³-hybridized carbons (Fsp3) is 0.471. The van der Waals surface area contributed by atoms with Crippen molar-refractivity contribution in [2.75, 3.05) is 7.11 Å². The number of carbonyl (C=O) groups is 3. The summed E-state index contributed by atoms with van der Waals surface area (Å²) >= 11 is 0. The molecule has 0 saturated heterocycles. The van der Waals surface area contributed by atoms with Gasteiger partial charge in [0, 0.05) is 18.4 Å². The Morgan fingerprint density at radius 3 is 2.46 bits per heavy atom. The van der Waals surface area contributed by atoms with Crippen LogP contribution in [0, 0.1) is 11.7 Å². The highest BCUT2D eigenvalue weighted by atomic mass is 19.1. The van der Waals surface area contributed by atoms with Crippen molar-refractivity contribution in [3.63, 3.8) is 0 Å². The van der Waals surface area contributed by atoms with Gasteiger partial charge in [-0.3, -0.25) is 9.59 Å². The van der Waals surface area contributed by atoms with Gasteiger partial charge >= 0.3 is 5.97 Å². The van der Waals surface area contributed by atoms with Gasteiger partial charge in [-0.25, -0.2) is 9.18 Å². The van der Waals surface area contributed by atoms with E-state index in [2.05, 4.69) is 5.32 Å². The van der Waals surface area contributed by atoms with E-state index in [9.17, 15) is 18.8 Å². The third-order valence-electron chi connectivity index (χ3n) is 3.85. The highest BCUT2D eigenvalue weighted by Crippen LogP contribution is 2.19. The number of nitrogens with one attached hydrogen (secondary N) is 1. The van der Waals surface area contributed by atoms with E-state index in [0.717, 1.165) is 6.07 Å². The van der Waals surface area contributed by atoms with E-state index < -0.39 is 29.5 Å². The summed E-state index contributed by atoms with van der Waals surface area (Å²) in [6.07, 6.45) is 0.304. The van der Waals surface area contributed by atoms with E-state index >= 15 is 0 Å². The molecule has 2 atom stereocenters. The molecule has 0 fully saturated rings. The lowest BCUT2D eigenvalue weighted by Gasteiger charge is -2.20. The number of halogens is 1. The highest BCUT2D eigenvalue weighted by Gasteiger charge is 2.25. The van der Waals surface area contributed by atoms with Crippen molar-refractivity contribution < 1.29 is 28.6 Å². The Hall–Kier alpha value is -2.44. The summed E-state index contributed by atoms with van der Waals surface area (Å²) < 4.78 is 18.3. The molecule has 1 amide bonds. The molecule has 2 unspecified atom stereocenters. The predicted octanol–water partition coefficient (Wildman–Crippen LogP) is 2.41. The van der Waals surface area contributed by atoms with Crippen LogP contribution in [0.2, 0.25) is 0 Å². The zero-order chi connectivity index (χ0) is 18.3. The molecule has 1 aromatic rings. The van der Waals surface area contributed by atoms with E-state index in [4.69, 9.17) is 9.84 Å². The molecule has 0 aliphatic rings. The molecule has 0 heterocycles. The summed E-state index contributed by atoms with van der Waals surface area (Å²) in [6.45, 7) is 3.55. The Balaban J connectivity index is 2.61. The second-order valence-electron chi connectivity index (χ2n) is 5.54. The number of carboxylic acid groups (broad SMARTS) is 1. The molecule has 0 aliphatic heterocycles. The molecule has 1 rings (SSSR count). The first-order valence-corrected chi connectivity index (χ1v) is 7.69. The molecular formula is C17H22FNO5. The number of ether oxygens (including phenoxy) is 1. The number of carbonyl (C=O) groups excluding carboxylic acids is 2. The number of rotatable bonds is 9. The molecule has 132 valence electrons. The van der Waals surface area contributed by atoms with Crippen LogP contribution in [0.15, 0.2) is 18.2 Å². The average molecular weight is 339 g/mol. The Morgan fingerprint density at radius 1 is 1.29 bits per heavy atom. The maximum atomic E-state index is 13.6. The molecule has 0 aromatic heterocycles. The molecule has 0 bridgehead atoms. The predicted molar refractivity (Wildman–Crippen MR) is 85.5 cm³/mol. The largest absolute Gasteiger partial charge is 0.494 e. The minimum Gasteiger partial charge on any atom is -0.494 e. The maximum absolute atomic E-state index is 13.6. The highest BCUT2D eigenvalue weighted by molar-refractivity contribution is 5.98. The summed E-state index contributed by atoms with van der Waals surface area (Å²) in [4.78, 5) is 35.0. The molecule has 0 saturated carbocycles. The Labute approximate surface area is 140 Å². The van der Waals surface area contributed by atoms with Crippen molar-refractivity contribution in [1.29, 1.82) is 0 Å². The molecule has 0 spiro atoms. The van der Waals surface area contributed by atoms with Crippen molar-refractivity contribution in [3.8, 4) is 5.75 Å². The minimum absolute atomic E-state index is 0.0298. The quantitative estimate of drug-likeness (QED) is 0.674. The fourth-order valence-corrected chi connectivity index (χ4v) is 2.14. The molecule has 24 heavy (non-hydrogen) atoms. The van der Waals surface area contributed by atoms with Crippen molar-refractivity contribution in [3.05, 3.63) is 29.6 Å². The van der Waals surface area contributed by atoms with Gasteiger partial charge in [0.2, 0.25) is 5.91 Å². The normalized spacial score (nSPS) is 13.0. The van der Waals surface area contributed by atoms with E-state index in [1.54, 1.807) is 6.92 Å². The molecule has 7 heteroatoms. The van der Waals surface area contributed by atoms with E-state index in [0.29, 0.717) is 6.42 Å². The molecule has 6 nitrogen and oxygen atoms in total. The standard InChI is InChI=1S/C17H22FNO5/c1-4-10(2)16(17(22)23)19-15(21)8-6-13(20)11-5-7-14(24-3)12(18)9-11/h5,7,9-10,16H,4,6,8H2,1-3H3,(H,19,21)(H,22,23). The van der Waals surface area contributed by atoms with Gasteiger partial charge in [-0.2, -0.15) is 0 Å². The first kappa shape index (κ1) is 19.6. The van der Waals surface area contributed by atoms with Crippen LogP contribution < -0.4 is 10.1 Å². The van der Waals surface area contributed by atoms with Gasteiger partial charge in [-0.15, -0.1) is 0 Å². The monoisotopic (exact) mass is 339 g/mol. The van der Waals surface area contributed by atoms with Crippen LogP contribution in [0.5, 0.6) is 5.75 Å². The Morgan fingerprint density at radius 2 is 1.96 bits per heavy atom. The number of Topliss-reactive ketones (excluding diaryl/α,β-unsaturated/α-hetero) is 1. The SMILES string of the molecule is CCC(C)C(NC(=O)CCC(=O)c1ccc(OC)c(F)c1)C(=O)O.